The molecule has 13 N–H and O–H groups in total. The van der Waals surface area contributed by atoms with Gasteiger partial charge in [0.15, 0.2) is 12.6 Å². The molecular weight excluding hydrogens is 460 g/mol. The lowest BCUT2D eigenvalue weighted by atomic mass is 9.83. The highest BCUT2D eigenvalue weighted by molar-refractivity contribution is 5.73. The first-order valence-electron chi connectivity index (χ1n) is 11.1. The zero-order valence-electron chi connectivity index (χ0n) is 18.7. The number of hydrogen-bond donors (Lipinski definition) is 10. The largest absolute Gasteiger partial charge is 0.394 e. The molecule has 1 saturated carbocycles. The van der Waals surface area contributed by atoms with Gasteiger partial charge in [-0.3, -0.25) is 4.79 Å². The maximum Gasteiger partial charge on any atom is 0.217 e. The predicted octanol–water partition coefficient (Wildman–Crippen LogP) is -6.47. The quantitative estimate of drug-likeness (QED) is 0.157. The SMILES string of the molecule is CC(=O)NC1CC(N)C(O)C(OC2OC(CO)C(O)C2O)C1OC1OC(CN)C(O)C(O)C1N. The maximum atomic E-state index is 11.8. The molecule has 14 unspecified atom stereocenters. The third kappa shape index (κ3) is 5.52. The first-order valence-corrected chi connectivity index (χ1v) is 11.1. The van der Waals surface area contributed by atoms with E-state index < -0.39 is 98.2 Å². The minimum atomic E-state index is -1.56. The van der Waals surface area contributed by atoms with Crippen molar-refractivity contribution in [1.29, 1.82) is 0 Å². The molecule has 2 saturated heterocycles. The Hall–Kier alpha value is -1.05. The van der Waals surface area contributed by atoms with Crippen molar-refractivity contribution in [1.82, 2.24) is 5.32 Å². The van der Waals surface area contributed by atoms with Crippen LogP contribution in [0.4, 0.5) is 0 Å². The fourth-order valence-electron chi connectivity index (χ4n) is 4.52. The minimum Gasteiger partial charge on any atom is -0.394 e. The van der Waals surface area contributed by atoms with E-state index in [1.807, 2.05) is 0 Å². The highest BCUT2D eigenvalue weighted by Crippen LogP contribution is 2.32. The Morgan fingerprint density at radius 2 is 1.50 bits per heavy atom. The van der Waals surface area contributed by atoms with Crippen LogP contribution in [0.5, 0.6) is 0 Å². The number of amides is 1. The first-order chi connectivity index (χ1) is 16.0. The first kappa shape index (κ1) is 27.5. The van der Waals surface area contributed by atoms with E-state index in [-0.39, 0.29) is 13.0 Å². The number of nitrogens with two attached hydrogens (primary N) is 3. The van der Waals surface area contributed by atoms with E-state index in [1.54, 1.807) is 0 Å². The van der Waals surface area contributed by atoms with Gasteiger partial charge in [-0.2, -0.15) is 0 Å². The summed E-state index contributed by atoms with van der Waals surface area (Å²) in [6.45, 7) is 0.522. The van der Waals surface area contributed by atoms with Crippen molar-refractivity contribution >= 4 is 5.91 Å². The second-order valence-electron chi connectivity index (χ2n) is 8.94. The van der Waals surface area contributed by atoms with E-state index in [0.717, 1.165) is 0 Å². The van der Waals surface area contributed by atoms with Crippen molar-refractivity contribution in [2.75, 3.05) is 13.2 Å². The van der Waals surface area contributed by atoms with Crippen LogP contribution in [0, 0.1) is 0 Å². The molecule has 15 heteroatoms. The van der Waals surface area contributed by atoms with Crippen LogP contribution in [0.3, 0.4) is 0 Å². The van der Waals surface area contributed by atoms with Crippen LogP contribution in [0.2, 0.25) is 0 Å². The van der Waals surface area contributed by atoms with Gasteiger partial charge in [-0.1, -0.05) is 0 Å². The molecule has 2 aliphatic heterocycles. The average Bonchev–Trinajstić information content (AvgIpc) is 3.06. The molecule has 3 aliphatic rings. The summed E-state index contributed by atoms with van der Waals surface area (Å²) in [5, 5.41) is 63.5. The second-order valence-corrected chi connectivity index (χ2v) is 8.94. The van der Waals surface area contributed by atoms with E-state index >= 15 is 0 Å². The molecule has 3 rings (SSSR count). The molecule has 0 aromatic rings. The molecule has 198 valence electrons. The zero-order chi connectivity index (χ0) is 25.3. The molecule has 15 nitrogen and oxygen atoms in total. The fraction of sp³-hybridized carbons (Fsp3) is 0.947. The molecule has 3 fully saturated rings. The van der Waals surface area contributed by atoms with Gasteiger partial charge in [0.1, 0.15) is 48.8 Å². The van der Waals surface area contributed by atoms with Crippen molar-refractivity contribution in [2.45, 2.75) is 99.0 Å². The summed E-state index contributed by atoms with van der Waals surface area (Å²) in [6, 6.07) is -2.93. The van der Waals surface area contributed by atoms with Gasteiger partial charge in [-0.05, 0) is 6.42 Å². The third-order valence-electron chi connectivity index (χ3n) is 6.47. The molecule has 14 atom stereocenters. The van der Waals surface area contributed by atoms with E-state index in [4.69, 9.17) is 36.1 Å². The van der Waals surface area contributed by atoms with E-state index in [9.17, 15) is 35.4 Å². The molecule has 0 spiro atoms. The van der Waals surface area contributed by atoms with Gasteiger partial charge < -0.3 is 72.1 Å². The number of aliphatic hydroxyl groups excluding tert-OH is 6. The molecule has 0 aromatic carbocycles. The van der Waals surface area contributed by atoms with Gasteiger partial charge in [0.25, 0.3) is 0 Å². The van der Waals surface area contributed by atoms with Crippen molar-refractivity contribution in [3.05, 3.63) is 0 Å². The topological polar surface area (TPSA) is 265 Å². The molecule has 1 aliphatic carbocycles. The highest BCUT2D eigenvalue weighted by Gasteiger charge is 2.52. The number of rotatable bonds is 7. The summed E-state index contributed by atoms with van der Waals surface area (Å²) in [6.07, 6.45) is -14.6. The van der Waals surface area contributed by atoms with Crippen molar-refractivity contribution in [3.8, 4) is 0 Å². The molecule has 0 aromatic heterocycles. The standard InChI is InChI=1S/C19H36N4O11/c1-5(25)23-7-2-6(21)11(26)17(34-19-15(30)13(28)9(4-24)32-19)16(7)33-18-10(22)14(29)12(27)8(3-20)31-18/h6-19,24,26-30H,2-4,20-22H2,1H3,(H,23,25). The summed E-state index contributed by atoms with van der Waals surface area (Å²) in [7, 11) is 0. The molecule has 2 heterocycles. The fourth-order valence-corrected chi connectivity index (χ4v) is 4.52. The van der Waals surface area contributed by atoms with Gasteiger partial charge in [-0.15, -0.1) is 0 Å². The van der Waals surface area contributed by atoms with E-state index in [1.165, 1.54) is 6.92 Å². The molecule has 1 amide bonds. The molecular formula is C19H36N4O11. The third-order valence-corrected chi connectivity index (χ3v) is 6.47. The summed E-state index contributed by atoms with van der Waals surface area (Å²) in [5.41, 5.74) is 17.7. The van der Waals surface area contributed by atoms with Gasteiger partial charge >= 0.3 is 0 Å². The van der Waals surface area contributed by atoms with Crippen LogP contribution in [-0.2, 0) is 23.7 Å². The van der Waals surface area contributed by atoms with Crippen LogP contribution in [0.25, 0.3) is 0 Å². The summed E-state index contributed by atoms with van der Waals surface area (Å²) in [4.78, 5) is 11.8. The summed E-state index contributed by atoms with van der Waals surface area (Å²) in [5.74, 6) is -0.432. The van der Waals surface area contributed by atoms with E-state index in [0.29, 0.717) is 0 Å². The Morgan fingerprint density at radius 1 is 0.912 bits per heavy atom. The number of ether oxygens (including phenoxy) is 4. The average molecular weight is 497 g/mol. The number of aliphatic hydroxyl groups is 6. The molecule has 0 bridgehead atoms. The second kappa shape index (κ2) is 11.3. The summed E-state index contributed by atoms with van der Waals surface area (Å²) < 4.78 is 22.7. The Kier molecular flexibility index (Phi) is 9.18. The van der Waals surface area contributed by atoms with Crippen LogP contribution in [0.15, 0.2) is 0 Å². The predicted molar refractivity (Wildman–Crippen MR) is 111 cm³/mol. The lowest BCUT2D eigenvalue weighted by Gasteiger charge is -2.48. The van der Waals surface area contributed by atoms with Crippen molar-refractivity contribution in [3.63, 3.8) is 0 Å². The normalized spacial score (nSPS) is 49.7. The van der Waals surface area contributed by atoms with Crippen LogP contribution < -0.4 is 22.5 Å². The zero-order valence-corrected chi connectivity index (χ0v) is 18.7. The number of carbonyl (C=O) groups is 1. The lowest BCUT2D eigenvalue weighted by molar-refractivity contribution is -0.307. The number of hydrogen-bond acceptors (Lipinski definition) is 14. The van der Waals surface area contributed by atoms with Crippen molar-refractivity contribution < 1.29 is 54.4 Å². The summed E-state index contributed by atoms with van der Waals surface area (Å²) >= 11 is 0. The van der Waals surface area contributed by atoms with E-state index in [2.05, 4.69) is 5.32 Å². The van der Waals surface area contributed by atoms with Crippen molar-refractivity contribution in [2.24, 2.45) is 17.2 Å². The minimum absolute atomic E-state index is 0.0642. The van der Waals surface area contributed by atoms with Gasteiger partial charge in [0.2, 0.25) is 5.91 Å². The van der Waals surface area contributed by atoms with Crippen LogP contribution in [-0.4, -0.2) is 135 Å². The molecule has 34 heavy (non-hydrogen) atoms. The van der Waals surface area contributed by atoms with Gasteiger partial charge in [0, 0.05) is 19.5 Å². The maximum absolute atomic E-state index is 11.8. The molecule has 0 radical (unpaired) electrons. The smallest absolute Gasteiger partial charge is 0.217 e. The highest BCUT2D eigenvalue weighted by atomic mass is 16.7. The Balaban J connectivity index is 1.87. The van der Waals surface area contributed by atoms with Gasteiger partial charge in [0.05, 0.1) is 24.8 Å². The monoisotopic (exact) mass is 496 g/mol. The Labute approximate surface area is 195 Å². The van der Waals surface area contributed by atoms with Crippen LogP contribution >= 0.6 is 0 Å². The van der Waals surface area contributed by atoms with Gasteiger partial charge in [-0.25, -0.2) is 0 Å². The number of nitrogens with one attached hydrogen (secondary N) is 1. The Bertz CT molecular complexity index is 691. The lowest BCUT2D eigenvalue weighted by Crippen LogP contribution is -2.69. The number of carbonyl (C=O) groups excluding carboxylic acids is 1. The van der Waals surface area contributed by atoms with Crippen LogP contribution in [0.1, 0.15) is 13.3 Å². The Morgan fingerprint density at radius 3 is 2.06 bits per heavy atom.